The number of aryl methyl sites for hydroxylation is 1. The van der Waals surface area contributed by atoms with Crippen molar-refractivity contribution < 1.29 is 13.9 Å². The van der Waals surface area contributed by atoms with Crippen molar-refractivity contribution >= 4 is 11.7 Å². The normalized spacial score (nSPS) is 18.3. The van der Waals surface area contributed by atoms with Gasteiger partial charge in [-0.05, 0) is 56.7 Å². The molecule has 1 aliphatic rings. The fraction of sp³-hybridized carbons (Fsp3) is 0.588. The first-order chi connectivity index (χ1) is 10.6. The van der Waals surface area contributed by atoms with Gasteiger partial charge in [0, 0.05) is 32.0 Å². The number of anilines is 1. The number of rotatable bonds is 5. The second kappa shape index (κ2) is 8.13. The molecule has 1 aromatic carbocycles. The quantitative estimate of drug-likeness (QED) is 0.837. The molecule has 2 amide bonds. The Labute approximate surface area is 131 Å². The summed E-state index contributed by atoms with van der Waals surface area (Å²) in [7, 11) is 1.69. The Hall–Kier alpha value is -1.62. The Balaban J connectivity index is 2.00. The summed E-state index contributed by atoms with van der Waals surface area (Å²) in [6.45, 7) is 3.34. The van der Waals surface area contributed by atoms with Crippen LogP contribution >= 0.6 is 0 Å². The van der Waals surface area contributed by atoms with E-state index in [9.17, 15) is 9.18 Å². The number of hydrogen-bond acceptors (Lipinski definition) is 2. The van der Waals surface area contributed by atoms with Crippen LogP contribution in [0.25, 0.3) is 0 Å². The summed E-state index contributed by atoms with van der Waals surface area (Å²) in [6.07, 6.45) is 5.10. The first kappa shape index (κ1) is 16.7. The lowest BCUT2D eigenvalue weighted by atomic mass is 9.98. The highest BCUT2D eigenvalue weighted by molar-refractivity contribution is 5.90. The number of methoxy groups -OCH3 is 1. The van der Waals surface area contributed by atoms with Gasteiger partial charge in [0.05, 0.1) is 0 Å². The van der Waals surface area contributed by atoms with E-state index in [1.165, 1.54) is 12.1 Å². The van der Waals surface area contributed by atoms with Crippen LogP contribution in [0.15, 0.2) is 18.2 Å². The number of nitrogens with zero attached hydrogens (tertiary/aromatic N) is 1. The molecule has 1 unspecified atom stereocenters. The Morgan fingerprint density at radius 2 is 2.27 bits per heavy atom. The zero-order valence-corrected chi connectivity index (χ0v) is 13.4. The van der Waals surface area contributed by atoms with E-state index < -0.39 is 0 Å². The van der Waals surface area contributed by atoms with Gasteiger partial charge in [-0.25, -0.2) is 9.18 Å². The molecule has 0 bridgehead atoms. The number of piperidine rings is 1. The zero-order valence-electron chi connectivity index (χ0n) is 13.4. The van der Waals surface area contributed by atoms with Crippen LogP contribution in [0.5, 0.6) is 0 Å². The molecule has 0 saturated carbocycles. The minimum atomic E-state index is -0.337. The molecule has 122 valence electrons. The first-order valence-corrected chi connectivity index (χ1v) is 7.94. The fourth-order valence-corrected chi connectivity index (χ4v) is 2.95. The van der Waals surface area contributed by atoms with Crippen molar-refractivity contribution in [3.05, 3.63) is 29.6 Å². The lowest BCUT2D eigenvalue weighted by Gasteiger charge is -2.36. The van der Waals surface area contributed by atoms with Gasteiger partial charge >= 0.3 is 6.03 Å². The number of ether oxygens (including phenoxy) is 1. The van der Waals surface area contributed by atoms with E-state index in [0.717, 1.165) is 50.8 Å². The number of halogens is 1. The third-order valence-corrected chi connectivity index (χ3v) is 4.22. The summed E-state index contributed by atoms with van der Waals surface area (Å²) in [4.78, 5) is 14.4. The molecule has 1 aliphatic heterocycles. The van der Waals surface area contributed by atoms with E-state index in [0.29, 0.717) is 5.69 Å². The number of hydrogen-bond donors (Lipinski definition) is 1. The van der Waals surface area contributed by atoms with E-state index in [4.69, 9.17) is 4.74 Å². The van der Waals surface area contributed by atoms with Crippen LogP contribution in [-0.4, -0.2) is 37.2 Å². The van der Waals surface area contributed by atoms with Crippen LogP contribution in [0, 0.1) is 12.7 Å². The SMILES string of the molecule is COCCCC1CCCCN1C(=O)Nc1cc(F)ccc1C. The summed E-state index contributed by atoms with van der Waals surface area (Å²) < 4.78 is 18.4. The van der Waals surface area contributed by atoms with E-state index in [1.807, 2.05) is 11.8 Å². The van der Waals surface area contributed by atoms with Crippen molar-refractivity contribution in [3.8, 4) is 0 Å². The third-order valence-electron chi connectivity index (χ3n) is 4.22. The van der Waals surface area contributed by atoms with Crippen LogP contribution in [0.3, 0.4) is 0 Å². The second-order valence-corrected chi connectivity index (χ2v) is 5.87. The lowest BCUT2D eigenvalue weighted by molar-refractivity contribution is 0.141. The van der Waals surface area contributed by atoms with E-state index >= 15 is 0 Å². The van der Waals surface area contributed by atoms with E-state index in [2.05, 4.69) is 5.32 Å². The minimum Gasteiger partial charge on any atom is -0.385 e. The van der Waals surface area contributed by atoms with Crippen molar-refractivity contribution in [1.29, 1.82) is 0 Å². The highest BCUT2D eigenvalue weighted by Crippen LogP contribution is 2.23. The number of urea groups is 1. The number of nitrogens with one attached hydrogen (secondary N) is 1. The third kappa shape index (κ3) is 4.44. The monoisotopic (exact) mass is 308 g/mol. The number of benzene rings is 1. The molecule has 2 rings (SSSR count). The summed E-state index contributed by atoms with van der Waals surface area (Å²) in [5.74, 6) is -0.337. The maximum Gasteiger partial charge on any atom is 0.322 e. The maximum atomic E-state index is 13.3. The molecule has 0 spiro atoms. The van der Waals surface area contributed by atoms with E-state index in [-0.39, 0.29) is 17.9 Å². The van der Waals surface area contributed by atoms with Gasteiger partial charge in [-0.3, -0.25) is 0 Å². The van der Waals surface area contributed by atoms with Gasteiger partial charge in [-0.2, -0.15) is 0 Å². The fourth-order valence-electron chi connectivity index (χ4n) is 2.95. The Bertz CT molecular complexity index is 507. The Morgan fingerprint density at radius 3 is 3.05 bits per heavy atom. The number of carbonyl (C=O) groups is 1. The summed E-state index contributed by atoms with van der Waals surface area (Å²) in [5, 5.41) is 2.86. The molecule has 1 saturated heterocycles. The number of likely N-dealkylation sites (tertiary alicyclic amines) is 1. The van der Waals surface area contributed by atoms with Crippen LogP contribution in [0.4, 0.5) is 14.9 Å². The second-order valence-electron chi connectivity index (χ2n) is 5.87. The van der Waals surface area contributed by atoms with Crippen molar-refractivity contribution in [2.45, 2.75) is 45.1 Å². The predicted octanol–water partition coefficient (Wildman–Crippen LogP) is 3.95. The van der Waals surface area contributed by atoms with Crippen LogP contribution in [0.2, 0.25) is 0 Å². The van der Waals surface area contributed by atoms with Gasteiger partial charge in [0.2, 0.25) is 0 Å². The topological polar surface area (TPSA) is 41.6 Å². The van der Waals surface area contributed by atoms with Crippen LogP contribution in [-0.2, 0) is 4.74 Å². The average molecular weight is 308 g/mol. The van der Waals surface area contributed by atoms with Crippen LogP contribution in [0.1, 0.15) is 37.7 Å². The standard InChI is InChI=1S/C17H25FN2O2/c1-13-8-9-14(18)12-16(13)19-17(21)20-10-4-3-6-15(20)7-5-11-22-2/h8-9,12,15H,3-7,10-11H2,1-2H3,(H,19,21). The number of amides is 2. The molecule has 4 nitrogen and oxygen atoms in total. The van der Waals surface area contributed by atoms with Gasteiger partial charge in [0.1, 0.15) is 5.82 Å². The minimum absolute atomic E-state index is 0.129. The van der Waals surface area contributed by atoms with Gasteiger partial charge in [-0.1, -0.05) is 6.07 Å². The molecule has 0 aliphatic carbocycles. The maximum absolute atomic E-state index is 13.3. The van der Waals surface area contributed by atoms with Gasteiger partial charge in [0.25, 0.3) is 0 Å². The molecular formula is C17H25FN2O2. The predicted molar refractivity (Wildman–Crippen MR) is 85.6 cm³/mol. The van der Waals surface area contributed by atoms with Crippen molar-refractivity contribution in [3.63, 3.8) is 0 Å². The van der Waals surface area contributed by atoms with Gasteiger partial charge in [-0.15, -0.1) is 0 Å². The lowest BCUT2D eigenvalue weighted by Crippen LogP contribution is -2.46. The first-order valence-electron chi connectivity index (χ1n) is 7.94. The molecule has 0 radical (unpaired) electrons. The summed E-state index contributed by atoms with van der Waals surface area (Å²) in [5.41, 5.74) is 1.41. The molecule has 1 fully saturated rings. The molecule has 22 heavy (non-hydrogen) atoms. The molecular weight excluding hydrogens is 283 g/mol. The number of carbonyl (C=O) groups excluding carboxylic acids is 1. The highest BCUT2D eigenvalue weighted by Gasteiger charge is 2.26. The van der Waals surface area contributed by atoms with Crippen molar-refractivity contribution in [2.75, 3.05) is 25.6 Å². The molecule has 0 aromatic heterocycles. The molecule has 1 atom stereocenters. The summed E-state index contributed by atoms with van der Waals surface area (Å²) in [6, 6.07) is 4.57. The van der Waals surface area contributed by atoms with Gasteiger partial charge < -0.3 is 15.0 Å². The van der Waals surface area contributed by atoms with Crippen LogP contribution < -0.4 is 5.32 Å². The molecule has 1 N–H and O–H groups in total. The Kier molecular flexibility index (Phi) is 6.19. The largest absolute Gasteiger partial charge is 0.385 e. The smallest absolute Gasteiger partial charge is 0.322 e. The Morgan fingerprint density at radius 1 is 1.45 bits per heavy atom. The molecule has 1 aromatic rings. The molecule has 5 heteroatoms. The van der Waals surface area contributed by atoms with E-state index in [1.54, 1.807) is 13.2 Å². The van der Waals surface area contributed by atoms with Crippen molar-refractivity contribution in [2.24, 2.45) is 0 Å². The van der Waals surface area contributed by atoms with Gasteiger partial charge in [0.15, 0.2) is 0 Å². The zero-order chi connectivity index (χ0) is 15.9. The van der Waals surface area contributed by atoms with Crippen molar-refractivity contribution in [1.82, 2.24) is 4.90 Å². The molecule has 1 heterocycles. The highest BCUT2D eigenvalue weighted by atomic mass is 19.1. The summed E-state index contributed by atoms with van der Waals surface area (Å²) >= 11 is 0. The average Bonchev–Trinajstić information content (AvgIpc) is 2.51.